The number of carbonyl (C=O) groups is 1. The lowest BCUT2D eigenvalue weighted by molar-refractivity contribution is 0.149. The molecule has 0 aliphatic carbocycles. The molecule has 1 amide bonds. The summed E-state index contributed by atoms with van der Waals surface area (Å²) >= 11 is 0. The molecule has 0 saturated carbocycles. The summed E-state index contributed by atoms with van der Waals surface area (Å²) in [5.41, 5.74) is 12.1. The number of fused-ring (bicyclic) bond motifs is 3. The smallest absolute Gasteiger partial charge is 0.410 e. The van der Waals surface area contributed by atoms with Gasteiger partial charge in [0.15, 0.2) is 0 Å². The van der Waals surface area contributed by atoms with Crippen molar-refractivity contribution < 1.29 is 9.53 Å². The van der Waals surface area contributed by atoms with E-state index in [1.54, 1.807) is 4.90 Å². The van der Waals surface area contributed by atoms with Crippen molar-refractivity contribution in [2.45, 2.75) is 64.5 Å². The first-order valence-corrected chi connectivity index (χ1v) is 13.1. The second kappa shape index (κ2) is 14.0. The first-order valence-electron chi connectivity index (χ1n) is 13.1. The number of unbranched alkanes of at least 4 members (excludes halogenated alkanes) is 1. The van der Waals surface area contributed by atoms with Gasteiger partial charge in [0.25, 0.3) is 0 Å². The molecule has 0 bridgehead atoms. The Labute approximate surface area is 210 Å². The van der Waals surface area contributed by atoms with Crippen LogP contribution in [0.25, 0.3) is 21.5 Å². The second-order valence-electron chi connectivity index (χ2n) is 9.40. The highest BCUT2D eigenvalue weighted by Gasteiger charge is 2.17. The highest BCUT2D eigenvalue weighted by molar-refractivity contribution is 6.07. The molecule has 0 aromatic heterocycles. The Kier molecular flexibility index (Phi) is 10.8. The molecule has 0 saturated heterocycles. The zero-order valence-electron chi connectivity index (χ0n) is 21.3. The van der Waals surface area contributed by atoms with E-state index in [4.69, 9.17) is 16.2 Å². The summed E-state index contributed by atoms with van der Waals surface area (Å²) in [5, 5.41) is 7.99. The molecular weight excluding hydrogens is 436 g/mol. The predicted octanol–water partition coefficient (Wildman–Crippen LogP) is 5.42. The third kappa shape index (κ3) is 8.20. The number of nitrogens with two attached hydrogens (primary N) is 2. The van der Waals surface area contributed by atoms with E-state index in [0.717, 1.165) is 67.8 Å². The van der Waals surface area contributed by atoms with Gasteiger partial charge in [-0.2, -0.15) is 0 Å². The first-order chi connectivity index (χ1) is 17.0. The standard InChI is InChI=1S/C29H42N4O2/c1-3-24(30)15-18-32-17-7-8-19-33(20-16-25(31)4-2)29(34)35-26-14-13-23-12-11-22-9-5-6-10-27(22)28(23)21-26/h5-6,9-14,21,24-25,32H,3-4,7-8,15-20,30-31H2,1-2H3. The van der Waals surface area contributed by atoms with Gasteiger partial charge in [0.05, 0.1) is 0 Å². The molecule has 190 valence electrons. The number of benzene rings is 3. The van der Waals surface area contributed by atoms with Gasteiger partial charge in [-0.1, -0.05) is 56.3 Å². The summed E-state index contributed by atoms with van der Waals surface area (Å²) in [6.07, 6.45) is 5.25. The van der Waals surface area contributed by atoms with E-state index in [1.165, 1.54) is 5.39 Å². The molecule has 35 heavy (non-hydrogen) atoms. The van der Waals surface area contributed by atoms with Crippen molar-refractivity contribution in [1.29, 1.82) is 0 Å². The summed E-state index contributed by atoms with van der Waals surface area (Å²) in [7, 11) is 0. The van der Waals surface area contributed by atoms with Crippen molar-refractivity contribution in [3.8, 4) is 5.75 Å². The maximum Gasteiger partial charge on any atom is 0.415 e. The number of carbonyl (C=O) groups excluding carboxylic acids is 1. The molecule has 2 atom stereocenters. The van der Waals surface area contributed by atoms with Crippen LogP contribution in [-0.4, -0.2) is 49.3 Å². The van der Waals surface area contributed by atoms with E-state index in [9.17, 15) is 4.79 Å². The number of ether oxygens (including phenoxy) is 1. The number of nitrogens with one attached hydrogen (secondary N) is 1. The third-order valence-corrected chi connectivity index (χ3v) is 6.72. The maximum atomic E-state index is 13.1. The van der Waals surface area contributed by atoms with Crippen LogP contribution in [0.3, 0.4) is 0 Å². The fraction of sp³-hybridized carbons (Fsp3) is 0.483. The topological polar surface area (TPSA) is 93.6 Å². The summed E-state index contributed by atoms with van der Waals surface area (Å²) in [4.78, 5) is 14.9. The van der Waals surface area contributed by atoms with Crippen LogP contribution in [0.5, 0.6) is 5.75 Å². The van der Waals surface area contributed by atoms with E-state index in [0.29, 0.717) is 18.8 Å². The number of amides is 1. The molecule has 6 heteroatoms. The first kappa shape index (κ1) is 26.9. The van der Waals surface area contributed by atoms with Crippen LogP contribution in [0.15, 0.2) is 54.6 Å². The lowest BCUT2D eigenvalue weighted by Crippen LogP contribution is -2.38. The van der Waals surface area contributed by atoms with E-state index in [1.807, 2.05) is 30.3 Å². The molecule has 6 nitrogen and oxygen atoms in total. The van der Waals surface area contributed by atoms with Crippen LogP contribution in [0.1, 0.15) is 52.4 Å². The zero-order chi connectivity index (χ0) is 25.0. The van der Waals surface area contributed by atoms with Crippen LogP contribution in [0.2, 0.25) is 0 Å². The number of nitrogens with zero attached hydrogens (tertiary/aromatic N) is 1. The Morgan fingerprint density at radius 1 is 0.857 bits per heavy atom. The molecule has 0 fully saturated rings. The number of rotatable bonds is 14. The molecule has 3 rings (SSSR count). The highest BCUT2D eigenvalue weighted by atomic mass is 16.6. The van der Waals surface area contributed by atoms with Gasteiger partial charge in [0.1, 0.15) is 5.75 Å². The van der Waals surface area contributed by atoms with Gasteiger partial charge in [-0.05, 0) is 85.3 Å². The Morgan fingerprint density at radius 3 is 2.31 bits per heavy atom. The minimum absolute atomic E-state index is 0.0850. The SMILES string of the molecule is CCC(N)CCNCCCCN(CCC(N)CC)C(=O)Oc1ccc2ccc3ccccc3c2c1. The van der Waals surface area contributed by atoms with E-state index in [2.05, 4.69) is 43.4 Å². The average molecular weight is 479 g/mol. The van der Waals surface area contributed by atoms with Crippen molar-refractivity contribution >= 4 is 27.6 Å². The predicted molar refractivity (Wildman–Crippen MR) is 147 cm³/mol. The third-order valence-electron chi connectivity index (χ3n) is 6.72. The average Bonchev–Trinajstić information content (AvgIpc) is 2.89. The Balaban J connectivity index is 1.60. The molecule has 5 N–H and O–H groups in total. The van der Waals surface area contributed by atoms with Gasteiger partial charge in [-0.3, -0.25) is 0 Å². The van der Waals surface area contributed by atoms with Gasteiger partial charge < -0.3 is 26.4 Å². The highest BCUT2D eigenvalue weighted by Crippen LogP contribution is 2.28. The van der Waals surface area contributed by atoms with Gasteiger partial charge in [0, 0.05) is 25.2 Å². The zero-order valence-corrected chi connectivity index (χ0v) is 21.3. The molecule has 0 spiro atoms. The van der Waals surface area contributed by atoms with Crippen molar-refractivity contribution in [3.05, 3.63) is 54.6 Å². The van der Waals surface area contributed by atoms with Crippen molar-refractivity contribution in [1.82, 2.24) is 10.2 Å². The maximum absolute atomic E-state index is 13.1. The molecule has 3 aromatic carbocycles. The van der Waals surface area contributed by atoms with Crippen LogP contribution in [0, 0.1) is 0 Å². The largest absolute Gasteiger partial charge is 0.415 e. The van der Waals surface area contributed by atoms with Gasteiger partial charge in [-0.25, -0.2) is 4.79 Å². The fourth-order valence-electron chi connectivity index (χ4n) is 4.20. The molecule has 2 unspecified atom stereocenters. The Hall–Kier alpha value is -2.67. The van der Waals surface area contributed by atoms with Crippen molar-refractivity contribution in [2.24, 2.45) is 11.5 Å². The minimum Gasteiger partial charge on any atom is -0.410 e. The summed E-state index contributed by atoms with van der Waals surface area (Å²) in [6, 6.07) is 18.7. The molecule has 3 aromatic rings. The number of hydrogen-bond acceptors (Lipinski definition) is 5. The Morgan fingerprint density at radius 2 is 1.54 bits per heavy atom. The fourth-order valence-corrected chi connectivity index (χ4v) is 4.20. The lowest BCUT2D eigenvalue weighted by Gasteiger charge is -2.23. The molecule has 0 aliphatic rings. The quantitative estimate of drug-likeness (QED) is 0.212. The van der Waals surface area contributed by atoms with Gasteiger partial charge in [-0.15, -0.1) is 0 Å². The lowest BCUT2D eigenvalue weighted by atomic mass is 10.0. The summed E-state index contributed by atoms with van der Waals surface area (Å²) < 4.78 is 5.85. The van der Waals surface area contributed by atoms with Gasteiger partial charge >= 0.3 is 6.09 Å². The number of hydrogen-bond donors (Lipinski definition) is 3. The van der Waals surface area contributed by atoms with Crippen LogP contribution in [0.4, 0.5) is 4.79 Å². The monoisotopic (exact) mass is 478 g/mol. The summed E-state index contributed by atoms with van der Waals surface area (Å²) in [6.45, 7) is 7.30. The molecular formula is C29H42N4O2. The van der Waals surface area contributed by atoms with E-state index in [-0.39, 0.29) is 18.2 Å². The van der Waals surface area contributed by atoms with Crippen molar-refractivity contribution in [3.63, 3.8) is 0 Å². The molecule has 0 radical (unpaired) electrons. The summed E-state index contributed by atoms with van der Waals surface area (Å²) in [5.74, 6) is 0.567. The second-order valence-corrected chi connectivity index (χ2v) is 9.40. The van der Waals surface area contributed by atoms with E-state index >= 15 is 0 Å². The van der Waals surface area contributed by atoms with Crippen LogP contribution < -0.4 is 21.5 Å². The van der Waals surface area contributed by atoms with Crippen LogP contribution in [-0.2, 0) is 0 Å². The normalized spacial score (nSPS) is 13.1. The van der Waals surface area contributed by atoms with Crippen LogP contribution >= 0.6 is 0 Å². The minimum atomic E-state index is -0.310. The Bertz CT molecular complexity index is 1070. The molecule has 0 heterocycles. The van der Waals surface area contributed by atoms with Crippen molar-refractivity contribution in [2.75, 3.05) is 26.2 Å². The van der Waals surface area contributed by atoms with Gasteiger partial charge in [0.2, 0.25) is 0 Å². The van der Waals surface area contributed by atoms with E-state index < -0.39 is 0 Å². The molecule has 0 aliphatic heterocycles.